The minimum Gasteiger partial charge on any atom is -0.497 e. The number of aliphatic imine (C=N–C) groups is 1. The van der Waals surface area contributed by atoms with Crippen LogP contribution in [0.2, 0.25) is 0 Å². The molecule has 160 valence electrons. The molecule has 0 radical (unpaired) electrons. The third-order valence-electron chi connectivity index (χ3n) is 5.78. The number of carbonyl (C=O) groups is 1. The van der Waals surface area contributed by atoms with Gasteiger partial charge in [-0.25, -0.2) is 4.99 Å². The molecule has 7 heteroatoms. The summed E-state index contributed by atoms with van der Waals surface area (Å²) in [5, 5.41) is 6.73. The summed E-state index contributed by atoms with van der Waals surface area (Å²) in [7, 11) is 1.67. The van der Waals surface area contributed by atoms with Crippen molar-refractivity contribution in [3.8, 4) is 5.75 Å². The van der Waals surface area contributed by atoms with Crippen LogP contribution in [0.25, 0.3) is 0 Å². The molecule has 3 rings (SSSR count). The summed E-state index contributed by atoms with van der Waals surface area (Å²) < 4.78 is 5.20. The first-order valence-corrected chi connectivity index (χ1v) is 10.9. The van der Waals surface area contributed by atoms with Gasteiger partial charge in [0.15, 0.2) is 5.96 Å². The predicted octanol–water partition coefficient (Wildman–Crippen LogP) is 1.69. The number of amides is 1. The third kappa shape index (κ3) is 6.35. The zero-order valence-electron chi connectivity index (χ0n) is 17.8. The smallest absolute Gasteiger partial charge is 0.225 e. The van der Waals surface area contributed by atoms with Gasteiger partial charge in [-0.2, -0.15) is 0 Å². The fourth-order valence-corrected chi connectivity index (χ4v) is 3.68. The Morgan fingerprint density at radius 1 is 1.14 bits per heavy atom. The lowest BCUT2D eigenvalue weighted by Gasteiger charge is -2.38. The Bertz CT molecular complexity index is 664. The second kappa shape index (κ2) is 11.0. The molecule has 0 spiro atoms. The number of ether oxygens (including phenoxy) is 1. The maximum absolute atomic E-state index is 12.4. The van der Waals surface area contributed by atoms with Crippen LogP contribution in [-0.4, -0.2) is 74.6 Å². The van der Waals surface area contributed by atoms with Gasteiger partial charge in [0.2, 0.25) is 5.91 Å². The van der Waals surface area contributed by atoms with E-state index in [0.717, 1.165) is 75.9 Å². The number of nitrogens with one attached hydrogen (secondary N) is 2. The van der Waals surface area contributed by atoms with E-state index < -0.39 is 0 Å². The normalized spacial score (nSPS) is 18.3. The molecule has 2 aliphatic rings. The second-order valence-corrected chi connectivity index (χ2v) is 7.76. The summed E-state index contributed by atoms with van der Waals surface area (Å²) in [6, 6.07) is 7.99. The topological polar surface area (TPSA) is 69.2 Å². The molecule has 1 aliphatic heterocycles. The Kier molecular flexibility index (Phi) is 8.16. The zero-order chi connectivity index (χ0) is 20.5. The van der Waals surface area contributed by atoms with Crippen LogP contribution in [0.3, 0.4) is 0 Å². The largest absolute Gasteiger partial charge is 0.497 e. The van der Waals surface area contributed by atoms with E-state index in [1.165, 1.54) is 6.42 Å². The summed E-state index contributed by atoms with van der Waals surface area (Å²) in [6.45, 7) is 8.96. The maximum atomic E-state index is 12.4. The molecule has 2 fully saturated rings. The van der Waals surface area contributed by atoms with E-state index in [1.807, 2.05) is 24.3 Å². The molecular weight excluding hydrogens is 366 g/mol. The molecule has 1 aliphatic carbocycles. The van der Waals surface area contributed by atoms with Gasteiger partial charge < -0.3 is 20.3 Å². The first-order chi connectivity index (χ1) is 14.2. The van der Waals surface area contributed by atoms with Crippen molar-refractivity contribution in [2.45, 2.75) is 32.7 Å². The SMILES string of the molecule is CCNC(=NCc1ccc(OC)cc1)NCCN1CCN(C(=O)C2CCC2)CC1. The van der Waals surface area contributed by atoms with Gasteiger partial charge in [-0.05, 0) is 37.5 Å². The van der Waals surface area contributed by atoms with Crippen molar-refractivity contribution in [1.29, 1.82) is 0 Å². The Morgan fingerprint density at radius 3 is 2.45 bits per heavy atom. The molecule has 0 bridgehead atoms. The van der Waals surface area contributed by atoms with Crippen molar-refractivity contribution in [3.05, 3.63) is 29.8 Å². The number of benzene rings is 1. The van der Waals surface area contributed by atoms with E-state index in [1.54, 1.807) is 7.11 Å². The van der Waals surface area contributed by atoms with Crippen molar-refractivity contribution >= 4 is 11.9 Å². The van der Waals surface area contributed by atoms with Crippen LogP contribution in [0.4, 0.5) is 0 Å². The average Bonchev–Trinajstić information content (AvgIpc) is 2.71. The fraction of sp³-hybridized carbons (Fsp3) is 0.636. The molecule has 1 heterocycles. The minimum absolute atomic E-state index is 0.313. The van der Waals surface area contributed by atoms with Gasteiger partial charge in [-0.3, -0.25) is 9.69 Å². The molecule has 2 N–H and O–H groups in total. The second-order valence-electron chi connectivity index (χ2n) is 7.76. The van der Waals surface area contributed by atoms with Crippen molar-refractivity contribution in [1.82, 2.24) is 20.4 Å². The quantitative estimate of drug-likeness (QED) is 0.513. The maximum Gasteiger partial charge on any atom is 0.225 e. The Balaban J connectivity index is 1.38. The first-order valence-electron chi connectivity index (χ1n) is 10.9. The number of piperazine rings is 1. The standard InChI is InChI=1S/C22H35N5O2/c1-3-23-22(25-17-18-7-9-20(29-2)10-8-18)24-11-12-26-13-15-27(16-14-26)21(28)19-5-4-6-19/h7-10,19H,3-6,11-17H2,1-2H3,(H2,23,24,25). The highest BCUT2D eigenvalue weighted by Crippen LogP contribution is 2.28. The molecule has 0 unspecified atom stereocenters. The van der Waals surface area contributed by atoms with Gasteiger partial charge in [-0.1, -0.05) is 18.6 Å². The zero-order valence-corrected chi connectivity index (χ0v) is 17.8. The Hall–Kier alpha value is -2.28. The molecule has 29 heavy (non-hydrogen) atoms. The predicted molar refractivity (Wildman–Crippen MR) is 116 cm³/mol. The average molecular weight is 402 g/mol. The van der Waals surface area contributed by atoms with E-state index in [9.17, 15) is 4.79 Å². The van der Waals surface area contributed by atoms with Crippen molar-refractivity contribution in [3.63, 3.8) is 0 Å². The lowest BCUT2D eigenvalue weighted by atomic mass is 9.84. The Morgan fingerprint density at radius 2 is 1.86 bits per heavy atom. The van der Waals surface area contributed by atoms with Crippen molar-refractivity contribution in [2.75, 3.05) is 52.9 Å². The van der Waals surface area contributed by atoms with Crippen molar-refractivity contribution in [2.24, 2.45) is 10.9 Å². The van der Waals surface area contributed by atoms with Gasteiger partial charge >= 0.3 is 0 Å². The van der Waals surface area contributed by atoms with Crippen molar-refractivity contribution < 1.29 is 9.53 Å². The molecule has 1 aromatic carbocycles. The number of methoxy groups -OCH3 is 1. The lowest BCUT2D eigenvalue weighted by molar-refractivity contribution is -0.139. The van der Waals surface area contributed by atoms with E-state index >= 15 is 0 Å². The molecule has 1 saturated heterocycles. The van der Waals surface area contributed by atoms with Gasteiger partial charge in [0, 0.05) is 51.7 Å². The van der Waals surface area contributed by atoms with E-state index in [-0.39, 0.29) is 0 Å². The van der Waals surface area contributed by atoms with Crippen LogP contribution in [-0.2, 0) is 11.3 Å². The number of nitrogens with zero attached hydrogens (tertiary/aromatic N) is 3. The van der Waals surface area contributed by atoms with Crippen LogP contribution in [0, 0.1) is 5.92 Å². The number of carbonyl (C=O) groups excluding carboxylic acids is 1. The molecule has 7 nitrogen and oxygen atoms in total. The number of rotatable bonds is 8. The summed E-state index contributed by atoms with van der Waals surface area (Å²) in [4.78, 5) is 21.5. The van der Waals surface area contributed by atoms with E-state index in [4.69, 9.17) is 4.74 Å². The molecule has 1 saturated carbocycles. The third-order valence-corrected chi connectivity index (χ3v) is 5.78. The number of guanidine groups is 1. The molecule has 0 atom stereocenters. The van der Waals surface area contributed by atoms with Crippen LogP contribution < -0.4 is 15.4 Å². The van der Waals surface area contributed by atoms with Gasteiger partial charge in [0.25, 0.3) is 0 Å². The van der Waals surface area contributed by atoms with Crippen LogP contribution in [0.1, 0.15) is 31.7 Å². The number of hydrogen-bond acceptors (Lipinski definition) is 4. The van der Waals surface area contributed by atoms with Gasteiger partial charge in [-0.15, -0.1) is 0 Å². The molecule has 1 aromatic rings. The molecule has 1 amide bonds. The van der Waals surface area contributed by atoms with Crippen LogP contribution in [0.5, 0.6) is 5.75 Å². The summed E-state index contributed by atoms with van der Waals surface area (Å²) in [5.74, 6) is 2.39. The van der Waals surface area contributed by atoms with Gasteiger partial charge in [0.1, 0.15) is 5.75 Å². The molecule has 0 aromatic heterocycles. The monoisotopic (exact) mass is 401 g/mol. The van der Waals surface area contributed by atoms with Crippen LogP contribution >= 0.6 is 0 Å². The fourth-order valence-electron chi connectivity index (χ4n) is 3.68. The molecular formula is C22H35N5O2. The minimum atomic E-state index is 0.313. The highest BCUT2D eigenvalue weighted by atomic mass is 16.5. The number of hydrogen-bond donors (Lipinski definition) is 2. The lowest BCUT2D eigenvalue weighted by Crippen LogP contribution is -2.52. The first kappa shape index (κ1) is 21.4. The highest BCUT2D eigenvalue weighted by Gasteiger charge is 2.30. The summed E-state index contributed by atoms with van der Waals surface area (Å²) in [6.07, 6.45) is 3.40. The Labute approximate surface area is 174 Å². The van der Waals surface area contributed by atoms with Gasteiger partial charge in [0.05, 0.1) is 13.7 Å². The summed E-state index contributed by atoms with van der Waals surface area (Å²) >= 11 is 0. The van der Waals surface area contributed by atoms with E-state index in [0.29, 0.717) is 18.4 Å². The highest BCUT2D eigenvalue weighted by molar-refractivity contribution is 5.80. The van der Waals surface area contributed by atoms with Crippen LogP contribution in [0.15, 0.2) is 29.3 Å². The van der Waals surface area contributed by atoms with E-state index in [2.05, 4.69) is 32.3 Å². The summed E-state index contributed by atoms with van der Waals surface area (Å²) in [5.41, 5.74) is 1.15.